The smallest absolute Gasteiger partial charge is 0.303 e. The van der Waals surface area contributed by atoms with Crippen molar-refractivity contribution in [3.05, 3.63) is 58.9 Å². The Balaban J connectivity index is 1.65. The third-order valence-corrected chi connectivity index (χ3v) is 7.07. The summed E-state index contributed by atoms with van der Waals surface area (Å²) in [5, 5.41) is 18.7. The summed E-state index contributed by atoms with van der Waals surface area (Å²) in [5.74, 6) is 0.722. The van der Waals surface area contributed by atoms with Gasteiger partial charge in [0.05, 0.1) is 12.8 Å². The average Bonchev–Trinajstić information content (AvgIpc) is 2.75. The number of nitrogens with one attached hydrogen (secondary N) is 1. The van der Waals surface area contributed by atoms with Gasteiger partial charge in [-0.1, -0.05) is 23.1 Å². The summed E-state index contributed by atoms with van der Waals surface area (Å²) in [6.45, 7) is 0.375. The molecule has 2 aliphatic heterocycles. The fraction of sp³-hybridized carbons (Fsp3) is 0.263. The molecular weight excluding hydrogens is 441 g/mol. The van der Waals surface area contributed by atoms with Crippen LogP contribution in [0.15, 0.2) is 53.9 Å². The Morgan fingerprint density at radius 2 is 2.19 bits per heavy atom. The molecule has 0 spiro atoms. The van der Waals surface area contributed by atoms with E-state index in [1.54, 1.807) is 36.3 Å². The Kier molecular flexibility index (Phi) is 5.93. The van der Waals surface area contributed by atoms with Crippen LogP contribution < -0.4 is 19.8 Å². The molecule has 0 radical (unpaired) electrons. The predicted octanol–water partition coefficient (Wildman–Crippen LogP) is 0.408. The Hall–Kier alpha value is -2.60. The molecule has 2 aromatic rings. The molecule has 0 bridgehead atoms. The van der Waals surface area contributed by atoms with E-state index in [0.717, 1.165) is 16.7 Å². The minimum Gasteiger partial charge on any atom is -0.495 e. The van der Waals surface area contributed by atoms with E-state index in [0.29, 0.717) is 22.9 Å². The van der Waals surface area contributed by atoms with Gasteiger partial charge in [-0.3, -0.25) is 4.72 Å². The topological polar surface area (TPSA) is 108 Å². The summed E-state index contributed by atoms with van der Waals surface area (Å²) >= 11 is 6.34. The molecule has 1 unspecified atom stereocenters. The Morgan fingerprint density at radius 3 is 2.90 bits per heavy atom. The van der Waals surface area contributed by atoms with Crippen LogP contribution in [-0.2, 0) is 10.2 Å². The SMILES string of the molecule is Bc1cc(OC)c(N2C3=C(C=CC2O)CN(S(=O)(=O)Nc2cccnn2)CC3)cc1Cl. The number of methoxy groups -OCH3 is 1. The molecule has 4 rings (SSSR count). The Labute approximate surface area is 186 Å². The molecule has 0 amide bonds. The van der Waals surface area contributed by atoms with Gasteiger partial charge in [-0.15, -0.1) is 5.10 Å². The van der Waals surface area contributed by atoms with Gasteiger partial charge in [-0.2, -0.15) is 17.8 Å². The molecule has 0 aliphatic carbocycles. The molecule has 1 aromatic carbocycles. The van der Waals surface area contributed by atoms with Crippen molar-refractivity contribution in [3.8, 4) is 5.75 Å². The van der Waals surface area contributed by atoms with Crippen LogP contribution in [0.3, 0.4) is 0 Å². The van der Waals surface area contributed by atoms with E-state index in [2.05, 4.69) is 14.9 Å². The van der Waals surface area contributed by atoms with Crippen molar-refractivity contribution < 1.29 is 18.3 Å². The van der Waals surface area contributed by atoms with E-state index in [4.69, 9.17) is 16.3 Å². The molecule has 2 N–H and O–H groups in total. The van der Waals surface area contributed by atoms with Gasteiger partial charge in [0.25, 0.3) is 0 Å². The summed E-state index contributed by atoms with van der Waals surface area (Å²) < 4.78 is 35.0. The zero-order chi connectivity index (χ0) is 22.2. The van der Waals surface area contributed by atoms with Gasteiger partial charge in [0.2, 0.25) is 0 Å². The first-order chi connectivity index (χ1) is 14.8. The molecule has 0 saturated heterocycles. The number of ether oxygens (including phenoxy) is 1. The van der Waals surface area contributed by atoms with Crippen molar-refractivity contribution in [2.75, 3.05) is 29.8 Å². The van der Waals surface area contributed by atoms with Crippen LogP contribution in [0.2, 0.25) is 5.02 Å². The molecule has 1 atom stereocenters. The number of benzene rings is 1. The van der Waals surface area contributed by atoms with E-state index in [9.17, 15) is 13.5 Å². The van der Waals surface area contributed by atoms with Gasteiger partial charge in [0.15, 0.2) is 12.0 Å². The Bertz CT molecular complexity index is 1160. The largest absolute Gasteiger partial charge is 0.495 e. The van der Waals surface area contributed by atoms with Crippen molar-refractivity contribution >= 4 is 46.6 Å². The minimum atomic E-state index is -3.82. The maximum absolute atomic E-state index is 12.8. The Morgan fingerprint density at radius 1 is 1.39 bits per heavy atom. The summed E-state index contributed by atoms with van der Waals surface area (Å²) in [6, 6.07) is 6.70. The second-order valence-corrected chi connectivity index (χ2v) is 9.27. The lowest BCUT2D eigenvalue weighted by Crippen LogP contribution is -2.46. The van der Waals surface area contributed by atoms with E-state index in [1.165, 1.54) is 16.6 Å². The number of nitrogens with zero attached hydrogens (tertiary/aromatic N) is 4. The van der Waals surface area contributed by atoms with Gasteiger partial charge in [0, 0.05) is 36.4 Å². The fourth-order valence-corrected chi connectivity index (χ4v) is 4.97. The first kappa shape index (κ1) is 21.6. The van der Waals surface area contributed by atoms with Crippen molar-refractivity contribution in [2.24, 2.45) is 0 Å². The van der Waals surface area contributed by atoms with Gasteiger partial charge >= 0.3 is 10.2 Å². The van der Waals surface area contributed by atoms with E-state index in [1.807, 2.05) is 13.9 Å². The second-order valence-electron chi connectivity index (χ2n) is 7.19. The first-order valence-electron chi connectivity index (χ1n) is 9.57. The lowest BCUT2D eigenvalue weighted by molar-refractivity contribution is 0.218. The van der Waals surface area contributed by atoms with E-state index in [-0.39, 0.29) is 18.9 Å². The van der Waals surface area contributed by atoms with Crippen LogP contribution in [0.4, 0.5) is 11.5 Å². The number of anilines is 2. The van der Waals surface area contributed by atoms with Crippen molar-refractivity contribution in [3.63, 3.8) is 0 Å². The van der Waals surface area contributed by atoms with Crippen LogP contribution in [-0.4, -0.2) is 62.3 Å². The number of halogens is 1. The fourth-order valence-electron chi connectivity index (χ4n) is 3.67. The monoisotopic (exact) mass is 461 g/mol. The zero-order valence-corrected chi connectivity index (χ0v) is 18.6. The molecule has 12 heteroatoms. The number of hydrogen-bond donors (Lipinski definition) is 2. The number of aromatic nitrogens is 2. The van der Waals surface area contributed by atoms with Crippen LogP contribution in [0.5, 0.6) is 5.75 Å². The lowest BCUT2D eigenvalue weighted by atomic mass is 9.94. The quantitative estimate of drug-likeness (QED) is 0.621. The van der Waals surface area contributed by atoms with Gasteiger partial charge in [-0.25, -0.2) is 0 Å². The summed E-state index contributed by atoms with van der Waals surface area (Å²) in [5.41, 5.74) is 3.07. The molecule has 9 nitrogen and oxygen atoms in total. The molecule has 3 heterocycles. The maximum Gasteiger partial charge on any atom is 0.303 e. The normalized spacial score (nSPS) is 19.3. The lowest BCUT2D eigenvalue weighted by Gasteiger charge is -2.40. The first-order valence-corrected chi connectivity index (χ1v) is 11.4. The molecule has 2 aliphatic rings. The summed E-state index contributed by atoms with van der Waals surface area (Å²) in [6.07, 6.45) is 4.30. The number of rotatable bonds is 5. The minimum absolute atomic E-state index is 0.145. The standard InChI is InChI=1S/C19H21BClN5O4S/c1-30-17-9-13(20)14(21)10-16(17)26-15-6-8-25(11-12(15)4-5-19(26)27)31(28,29)24-18-3-2-7-22-23-18/h2-5,7,9-10,19,27H,6,8,11,20H2,1H3,(H,23,24). The highest BCUT2D eigenvalue weighted by Crippen LogP contribution is 2.39. The van der Waals surface area contributed by atoms with Crippen LogP contribution >= 0.6 is 11.6 Å². The molecule has 0 fully saturated rings. The zero-order valence-electron chi connectivity index (χ0n) is 17.0. The third kappa shape index (κ3) is 4.26. The summed E-state index contributed by atoms with van der Waals surface area (Å²) in [4.78, 5) is 1.74. The number of hydrogen-bond acceptors (Lipinski definition) is 7. The van der Waals surface area contributed by atoms with Crippen LogP contribution in [0.1, 0.15) is 6.42 Å². The van der Waals surface area contributed by atoms with Crippen LogP contribution in [0, 0.1) is 0 Å². The number of aliphatic hydroxyl groups excluding tert-OH is 1. The van der Waals surface area contributed by atoms with Crippen molar-refractivity contribution in [1.82, 2.24) is 14.5 Å². The predicted molar refractivity (Wildman–Crippen MR) is 122 cm³/mol. The average molecular weight is 462 g/mol. The van der Waals surface area contributed by atoms with Gasteiger partial charge in [0.1, 0.15) is 13.6 Å². The highest BCUT2D eigenvalue weighted by molar-refractivity contribution is 7.90. The third-order valence-electron chi connectivity index (χ3n) is 5.21. The van der Waals surface area contributed by atoms with E-state index < -0.39 is 16.4 Å². The van der Waals surface area contributed by atoms with Crippen LogP contribution in [0.25, 0.3) is 0 Å². The summed E-state index contributed by atoms with van der Waals surface area (Å²) in [7, 11) is -0.391. The highest BCUT2D eigenvalue weighted by Gasteiger charge is 2.34. The molecule has 0 saturated carbocycles. The second kappa shape index (κ2) is 8.50. The molecule has 162 valence electrons. The molecule has 31 heavy (non-hydrogen) atoms. The van der Waals surface area contributed by atoms with Gasteiger partial charge in [-0.05, 0) is 35.9 Å². The molecule has 1 aromatic heterocycles. The number of aliphatic hydroxyl groups is 1. The maximum atomic E-state index is 12.8. The highest BCUT2D eigenvalue weighted by atomic mass is 35.5. The van der Waals surface area contributed by atoms with Crippen molar-refractivity contribution in [2.45, 2.75) is 12.6 Å². The van der Waals surface area contributed by atoms with Crippen molar-refractivity contribution in [1.29, 1.82) is 0 Å². The van der Waals surface area contributed by atoms with Gasteiger partial charge < -0.3 is 14.7 Å². The molecular formula is C19H21BClN5O4S. The van der Waals surface area contributed by atoms with E-state index >= 15 is 0 Å².